The van der Waals surface area contributed by atoms with Crippen LogP contribution < -0.4 is 24.4 Å². The highest BCUT2D eigenvalue weighted by molar-refractivity contribution is 5.74. The van der Waals surface area contributed by atoms with E-state index >= 15 is 0 Å². The highest BCUT2D eigenvalue weighted by Gasteiger charge is 2.22. The Labute approximate surface area is 183 Å². The number of carbonyl (C=O) groups is 1. The smallest absolute Gasteiger partial charge is 0.317 e. The van der Waals surface area contributed by atoms with Gasteiger partial charge in [-0.25, -0.2) is 9.78 Å². The molecule has 9 nitrogen and oxygen atoms in total. The summed E-state index contributed by atoms with van der Waals surface area (Å²) in [5.41, 5.74) is 3.49. The van der Waals surface area contributed by atoms with Crippen LogP contribution >= 0.6 is 0 Å². The van der Waals surface area contributed by atoms with Gasteiger partial charge >= 0.3 is 6.03 Å². The van der Waals surface area contributed by atoms with E-state index in [1.807, 2.05) is 36.9 Å². The summed E-state index contributed by atoms with van der Waals surface area (Å²) in [6, 6.07) is 5.74. The van der Waals surface area contributed by atoms with Crippen molar-refractivity contribution in [2.24, 2.45) is 0 Å². The number of benzene rings is 1. The fourth-order valence-corrected chi connectivity index (χ4v) is 3.50. The number of rotatable bonds is 7. The standard InChI is InChI=1S/C22H31N5O4/c1-15-16(2)25-21(31-5)20(24-15)6-7-23-22(28)27-10-8-26(9-11-27)17-12-18(29-3)14-19(13-17)30-4/h12-14H,6-11H2,1-5H3,(H,23,28). The Balaban J connectivity index is 1.51. The minimum Gasteiger partial charge on any atom is -0.497 e. The molecule has 9 heteroatoms. The molecule has 1 aliphatic rings. The number of piperazine rings is 1. The molecule has 1 aliphatic heterocycles. The van der Waals surface area contributed by atoms with E-state index in [9.17, 15) is 4.79 Å². The highest BCUT2D eigenvalue weighted by atomic mass is 16.5. The van der Waals surface area contributed by atoms with E-state index in [-0.39, 0.29) is 6.03 Å². The Bertz CT molecular complexity index is 891. The lowest BCUT2D eigenvalue weighted by molar-refractivity contribution is 0.194. The summed E-state index contributed by atoms with van der Waals surface area (Å²) in [5.74, 6) is 2.01. The zero-order chi connectivity index (χ0) is 22.4. The van der Waals surface area contributed by atoms with Crippen LogP contribution in [-0.4, -0.2) is 75.0 Å². The van der Waals surface area contributed by atoms with Crippen LogP contribution in [0.2, 0.25) is 0 Å². The SMILES string of the molecule is COc1cc(OC)cc(N2CCN(C(=O)NCCc3nc(C)c(C)nc3OC)CC2)c1. The molecule has 0 spiro atoms. The summed E-state index contributed by atoms with van der Waals surface area (Å²) in [4.78, 5) is 25.6. The predicted molar refractivity (Wildman–Crippen MR) is 118 cm³/mol. The van der Waals surface area contributed by atoms with Gasteiger partial charge in [-0.15, -0.1) is 0 Å². The van der Waals surface area contributed by atoms with Gasteiger partial charge in [0.2, 0.25) is 5.88 Å². The minimum absolute atomic E-state index is 0.0707. The molecule has 1 aromatic carbocycles. The summed E-state index contributed by atoms with van der Waals surface area (Å²) in [5, 5.41) is 2.98. The summed E-state index contributed by atoms with van der Waals surface area (Å²) in [7, 11) is 4.86. The van der Waals surface area contributed by atoms with Crippen LogP contribution in [0.15, 0.2) is 18.2 Å². The molecule has 0 bridgehead atoms. The summed E-state index contributed by atoms with van der Waals surface area (Å²) in [6.45, 7) is 7.04. The molecule has 0 saturated carbocycles. The zero-order valence-electron chi connectivity index (χ0n) is 18.9. The highest BCUT2D eigenvalue weighted by Crippen LogP contribution is 2.29. The summed E-state index contributed by atoms with van der Waals surface area (Å²) in [6.07, 6.45) is 0.562. The fraction of sp³-hybridized carbons (Fsp3) is 0.500. The van der Waals surface area contributed by atoms with E-state index in [2.05, 4.69) is 20.2 Å². The van der Waals surface area contributed by atoms with Crippen molar-refractivity contribution in [2.75, 3.05) is 59.0 Å². The number of nitrogens with one attached hydrogen (secondary N) is 1. The normalized spacial score (nSPS) is 13.7. The van der Waals surface area contributed by atoms with Gasteiger partial charge in [0.1, 0.15) is 17.2 Å². The van der Waals surface area contributed by atoms with Crippen LogP contribution in [-0.2, 0) is 6.42 Å². The quantitative estimate of drug-likeness (QED) is 0.722. The van der Waals surface area contributed by atoms with Crippen LogP contribution in [0.3, 0.4) is 0 Å². The first-order chi connectivity index (χ1) is 14.9. The molecule has 31 heavy (non-hydrogen) atoms. The Kier molecular flexibility index (Phi) is 7.38. The monoisotopic (exact) mass is 429 g/mol. The molecule has 1 aromatic heterocycles. The number of hydrogen-bond donors (Lipinski definition) is 1. The van der Waals surface area contributed by atoms with Crippen molar-refractivity contribution in [3.63, 3.8) is 0 Å². The van der Waals surface area contributed by atoms with Crippen molar-refractivity contribution >= 4 is 11.7 Å². The number of aromatic nitrogens is 2. The van der Waals surface area contributed by atoms with E-state index in [0.717, 1.165) is 47.4 Å². The minimum atomic E-state index is -0.0707. The van der Waals surface area contributed by atoms with Crippen LogP contribution in [0.1, 0.15) is 17.1 Å². The molecule has 168 valence electrons. The van der Waals surface area contributed by atoms with Crippen molar-refractivity contribution in [1.82, 2.24) is 20.2 Å². The van der Waals surface area contributed by atoms with Gasteiger partial charge in [-0.2, -0.15) is 0 Å². The molecule has 2 aromatic rings. The number of anilines is 1. The van der Waals surface area contributed by atoms with Crippen LogP contribution in [0.4, 0.5) is 10.5 Å². The van der Waals surface area contributed by atoms with Gasteiger partial charge in [-0.1, -0.05) is 0 Å². The lowest BCUT2D eigenvalue weighted by atomic mass is 10.2. The number of hydrogen-bond acceptors (Lipinski definition) is 7. The maximum atomic E-state index is 12.6. The van der Waals surface area contributed by atoms with Gasteiger partial charge in [-0.05, 0) is 13.8 Å². The molecule has 0 unspecified atom stereocenters. The van der Waals surface area contributed by atoms with Crippen molar-refractivity contribution < 1.29 is 19.0 Å². The van der Waals surface area contributed by atoms with Crippen molar-refractivity contribution in [2.45, 2.75) is 20.3 Å². The van der Waals surface area contributed by atoms with Crippen molar-refractivity contribution in [1.29, 1.82) is 0 Å². The maximum absolute atomic E-state index is 12.6. The Morgan fingerprint density at radius 1 is 0.935 bits per heavy atom. The molecular formula is C22H31N5O4. The molecule has 1 saturated heterocycles. The first kappa shape index (κ1) is 22.5. The number of nitrogens with zero attached hydrogens (tertiary/aromatic N) is 4. The van der Waals surface area contributed by atoms with Gasteiger partial charge in [0.05, 0.1) is 32.7 Å². The molecule has 2 heterocycles. The number of amides is 2. The number of methoxy groups -OCH3 is 3. The van der Waals surface area contributed by atoms with E-state index < -0.39 is 0 Å². The zero-order valence-corrected chi connectivity index (χ0v) is 18.9. The second kappa shape index (κ2) is 10.2. The molecular weight excluding hydrogens is 398 g/mol. The number of carbonyl (C=O) groups excluding carboxylic acids is 1. The fourth-order valence-electron chi connectivity index (χ4n) is 3.50. The molecule has 1 fully saturated rings. The Morgan fingerprint density at radius 2 is 1.55 bits per heavy atom. The topological polar surface area (TPSA) is 89.1 Å². The second-order valence-corrected chi connectivity index (χ2v) is 7.38. The first-order valence-corrected chi connectivity index (χ1v) is 10.3. The summed E-state index contributed by atoms with van der Waals surface area (Å²) >= 11 is 0. The molecule has 2 amide bonds. The van der Waals surface area contributed by atoms with Crippen LogP contribution in [0, 0.1) is 13.8 Å². The lowest BCUT2D eigenvalue weighted by Gasteiger charge is -2.36. The third-order valence-electron chi connectivity index (χ3n) is 5.44. The van der Waals surface area contributed by atoms with Gasteiger partial charge in [0.15, 0.2) is 0 Å². The van der Waals surface area contributed by atoms with Crippen molar-refractivity contribution in [3.8, 4) is 17.4 Å². The van der Waals surface area contributed by atoms with Gasteiger partial charge < -0.3 is 29.3 Å². The Hall–Kier alpha value is -3.23. The summed E-state index contributed by atoms with van der Waals surface area (Å²) < 4.78 is 16.0. The predicted octanol–water partition coefficient (Wildman–Crippen LogP) is 2.19. The Morgan fingerprint density at radius 3 is 2.13 bits per heavy atom. The van der Waals surface area contributed by atoms with Crippen LogP contribution in [0.25, 0.3) is 0 Å². The molecule has 0 atom stereocenters. The van der Waals surface area contributed by atoms with E-state index in [0.29, 0.717) is 31.9 Å². The van der Waals surface area contributed by atoms with E-state index in [1.54, 1.807) is 21.3 Å². The van der Waals surface area contributed by atoms with Gasteiger partial charge in [0.25, 0.3) is 0 Å². The number of ether oxygens (including phenoxy) is 3. The third-order valence-corrected chi connectivity index (χ3v) is 5.44. The molecule has 1 N–H and O–H groups in total. The van der Waals surface area contributed by atoms with Gasteiger partial charge in [-0.3, -0.25) is 4.98 Å². The maximum Gasteiger partial charge on any atom is 0.317 e. The average molecular weight is 430 g/mol. The largest absolute Gasteiger partial charge is 0.497 e. The molecule has 3 rings (SSSR count). The van der Waals surface area contributed by atoms with Gasteiger partial charge in [0, 0.05) is 63.0 Å². The van der Waals surface area contributed by atoms with Crippen LogP contribution in [0.5, 0.6) is 17.4 Å². The molecule has 0 aliphatic carbocycles. The number of urea groups is 1. The van der Waals surface area contributed by atoms with E-state index in [4.69, 9.17) is 14.2 Å². The van der Waals surface area contributed by atoms with Crippen molar-refractivity contribution in [3.05, 3.63) is 35.3 Å². The molecule has 0 radical (unpaired) electrons. The average Bonchev–Trinajstić information content (AvgIpc) is 2.80. The number of aryl methyl sites for hydroxylation is 2. The lowest BCUT2D eigenvalue weighted by Crippen LogP contribution is -2.52. The first-order valence-electron chi connectivity index (χ1n) is 10.3. The second-order valence-electron chi connectivity index (χ2n) is 7.38. The third kappa shape index (κ3) is 5.48. The van der Waals surface area contributed by atoms with E-state index in [1.165, 1.54) is 0 Å².